The first-order valence-electron chi connectivity index (χ1n) is 15.7. The minimum atomic E-state index is -0.873. The Morgan fingerprint density at radius 3 is 2.53 bits per heavy atom. The van der Waals surface area contributed by atoms with Gasteiger partial charge in [-0.3, -0.25) is 9.59 Å². The smallest absolute Gasteiger partial charge is 0.408 e. The average Bonchev–Trinajstić information content (AvgIpc) is 3.85. The summed E-state index contributed by atoms with van der Waals surface area (Å²) in [7, 11) is 1.62. The standard InChI is InChI=1S/C33H44N4O6/c1-18-26-17-37(27(18)19(2)38)30(39)28(32(3,4)5)36-31(40)43-25-14-20(25)16-33(12-13-33)11-7-8-23-29(42-26)35-24-15-21(41-6)9-10-22(24)34-23/h9-10,15,18,20,25-28H,7-8,11-14,16-17H2,1-6H3,(H,36,40)/t18-,20+,25-,26+,27+,28-/m1/s1. The van der Waals surface area contributed by atoms with Gasteiger partial charge in [0.2, 0.25) is 11.8 Å². The second kappa shape index (κ2) is 10.9. The van der Waals surface area contributed by atoms with Gasteiger partial charge in [0.15, 0.2) is 5.78 Å². The number of nitrogens with zero attached hydrogens (tertiary/aromatic N) is 3. The molecule has 10 heteroatoms. The highest BCUT2D eigenvalue weighted by molar-refractivity contribution is 5.92. The molecule has 2 aliphatic heterocycles. The van der Waals surface area contributed by atoms with E-state index in [0.29, 0.717) is 34.9 Å². The Labute approximate surface area is 253 Å². The summed E-state index contributed by atoms with van der Waals surface area (Å²) in [4.78, 5) is 51.6. The average molecular weight is 593 g/mol. The van der Waals surface area contributed by atoms with Crippen molar-refractivity contribution in [2.24, 2.45) is 22.7 Å². The van der Waals surface area contributed by atoms with E-state index in [1.165, 1.54) is 19.8 Å². The van der Waals surface area contributed by atoms with Crippen LogP contribution in [0.4, 0.5) is 4.79 Å². The first kappa shape index (κ1) is 29.6. The Balaban J connectivity index is 1.37. The number of benzene rings is 1. The molecule has 1 spiro atoms. The molecular formula is C33H44N4O6. The van der Waals surface area contributed by atoms with E-state index in [4.69, 9.17) is 24.2 Å². The summed E-state index contributed by atoms with van der Waals surface area (Å²) >= 11 is 0. The predicted octanol–water partition coefficient (Wildman–Crippen LogP) is 4.86. The van der Waals surface area contributed by atoms with Crippen LogP contribution in [0.25, 0.3) is 11.0 Å². The van der Waals surface area contributed by atoms with E-state index < -0.39 is 29.7 Å². The van der Waals surface area contributed by atoms with E-state index in [2.05, 4.69) is 5.32 Å². The van der Waals surface area contributed by atoms with Crippen molar-refractivity contribution in [3.8, 4) is 11.6 Å². The molecule has 43 heavy (non-hydrogen) atoms. The summed E-state index contributed by atoms with van der Waals surface area (Å²) in [5.41, 5.74) is 1.90. The summed E-state index contributed by atoms with van der Waals surface area (Å²) < 4.78 is 17.8. The highest BCUT2D eigenvalue weighted by Crippen LogP contribution is 2.58. The molecule has 2 aliphatic carbocycles. The molecule has 2 saturated carbocycles. The quantitative estimate of drug-likeness (QED) is 0.525. The molecule has 6 rings (SSSR count). The summed E-state index contributed by atoms with van der Waals surface area (Å²) in [5.74, 6) is 0.733. The third-order valence-electron chi connectivity index (χ3n) is 9.93. The molecule has 232 valence electrons. The molecule has 1 aromatic heterocycles. The SMILES string of the molecule is COc1ccc2nc3c(nc2c1)O[C@H]1CN(C(=O)[C@H](C(C)(C)C)NC(=O)O[C@@H]2C[C@H]2CC2(CCC3)CC2)[C@H](C(C)=O)[C@@H]1C. The zero-order valence-corrected chi connectivity index (χ0v) is 26.1. The lowest BCUT2D eigenvalue weighted by molar-refractivity contribution is -0.141. The normalized spacial score (nSPS) is 30.7. The number of hydrogen-bond donors (Lipinski definition) is 1. The number of rotatable bonds is 2. The molecule has 0 radical (unpaired) electrons. The molecule has 6 atom stereocenters. The summed E-state index contributed by atoms with van der Waals surface area (Å²) in [6, 6.07) is 4.06. The van der Waals surface area contributed by atoms with Crippen molar-refractivity contribution < 1.29 is 28.6 Å². The van der Waals surface area contributed by atoms with E-state index in [9.17, 15) is 14.4 Å². The van der Waals surface area contributed by atoms with Gasteiger partial charge in [0.05, 0.1) is 30.7 Å². The topological polar surface area (TPSA) is 120 Å². The van der Waals surface area contributed by atoms with E-state index in [1.54, 1.807) is 12.0 Å². The van der Waals surface area contributed by atoms with Crippen LogP contribution in [0, 0.1) is 22.7 Å². The number of nitrogens with one attached hydrogen (secondary N) is 1. The number of carbonyl (C=O) groups excluding carboxylic acids is 3. The first-order chi connectivity index (χ1) is 20.4. The number of Topliss-reactive ketones (excluding diaryl/α,β-unsaturated/α-hetero) is 1. The number of ether oxygens (including phenoxy) is 3. The van der Waals surface area contributed by atoms with Crippen molar-refractivity contribution in [3.05, 3.63) is 23.9 Å². The third kappa shape index (κ3) is 6.02. The number of ketones is 1. The lowest BCUT2D eigenvalue weighted by Crippen LogP contribution is -2.57. The van der Waals surface area contributed by atoms with Crippen molar-refractivity contribution in [3.63, 3.8) is 0 Å². The molecular weight excluding hydrogens is 548 g/mol. The van der Waals surface area contributed by atoms with Crippen LogP contribution in [-0.4, -0.2) is 70.6 Å². The van der Waals surface area contributed by atoms with E-state index in [1.807, 2.05) is 45.9 Å². The van der Waals surface area contributed by atoms with Crippen LogP contribution < -0.4 is 14.8 Å². The van der Waals surface area contributed by atoms with Crippen molar-refractivity contribution in [2.75, 3.05) is 13.7 Å². The van der Waals surface area contributed by atoms with Gasteiger partial charge in [-0.15, -0.1) is 0 Å². The number of fused-ring (bicyclic) bond motifs is 5. The molecule has 0 unspecified atom stereocenters. The number of hydrogen-bond acceptors (Lipinski definition) is 8. The molecule has 1 N–H and O–H groups in total. The Hall–Kier alpha value is -3.43. The van der Waals surface area contributed by atoms with Gasteiger partial charge in [-0.1, -0.05) is 27.7 Å². The first-order valence-corrected chi connectivity index (χ1v) is 15.7. The van der Waals surface area contributed by atoms with Gasteiger partial charge in [0, 0.05) is 17.9 Å². The lowest BCUT2D eigenvalue weighted by Gasteiger charge is -2.35. The number of aromatic nitrogens is 2. The fourth-order valence-corrected chi connectivity index (χ4v) is 7.11. The monoisotopic (exact) mass is 592 g/mol. The minimum absolute atomic E-state index is 0.114. The van der Waals surface area contributed by atoms with Gasteiger partial charge in [0.1, 0.15) is 29.7 Å². The van der Waals surface area contributed by atoms with E-state index >= 15 is 0 Å². The van der Waals surface area contributed by atoms with Crippen LogP contribution in [0.15, 0.2) is 18.2 Å². The molecule has 10 nitrogen and oxygen atoms in total. The van der Waals surface area contributed by atoms with Crippen LogP contribution in [-0.2, 0) is 20.7 Å². The van der Waals surface area contributed by atoms with Crippen LogP contribution >= 0.6 is 0 Å². The van der Waals surface area contributed by atoms with Gasteiger partial charge in [-0.2, -0.15) is 0 Å². The van der Waals surface area contributed by atoms with E-state index in [-0.39, 0.29) is 30.3 Å². The molecule has 2 aromatic rings. The molecule has 2 amide bonds. The Morgan fingerprint density at radius 2 is 1.86 bits per heavy atom. The number of carbonyl (C=O) groups is 3. The van der Waals surface area contributed by atoms with Crippen LogP contribution in [0.1, 0.15) is 78.8 Å². The zero-order chi connectivity index (χ0) is 30.7. The van der Waals surface area contributed by atoms with Gasteiger partial charge in [-0.05, 0) is 74.8 Å². The Bertz CT molecular complexity index is 1430. The minimum Gasteiger partial charge on any atom is -0.497 e. The number of methoxy groups -OCH3 is 1. The molecule has 3 heterocycles. The Kier molecular flexibility index (Phi) is 7.53. The largest absolute Gasteiger partial charge is 0.497 e. The zero-order valence-electron chi connectivity index (χ0n) is 26.1. The van der Waals surface area contributed by atoms with Crippen molar-refractivity contribution in [1.82, 2.24) is 20.2 Å². The van der Waals surface area contributed by atoms with Crippen molar-refractivity contribution >= 4 is 28.8 Å². The summed E-state index contributed by atoms with van der Waals surface area (Å²) in [5, 5.41) is 2.87. The van der Waals surface area contributed by atoms with Crippen molar-refractivity contribution in [2.45, 2.75) is 104 Å². The second-order valence-corrected chi connectivity index (χ2v) is 14.3. The van der Waals surface area contributed by atoms with Gasteiger partial charge >= 0.3 is 6.09 Å². The summed E-state index contributed by atoms with van der Waals surface area (Å²) in [6.45, 7) is 9.34. The van der Waals surface area contributed by atoms with E-state index in [0.717, 1.165) is 36.9 Å². The van der Waals surface area contributed by atoms with Crippen LogP contribution in [0.3, 0.4) is 0 Å². The number of amides is 2. The fourth-order valence-electron chi connectivity index (χ4n) is 7.11. The van der Waals surface area contributed by atoms with Crippen LogP contribution in [0.5, 0.6) is 11.6 Å². The molecule has 3 fully saturated rings. The molecule has 1 aromatic carbocycles. The number of aryl methyl sites for hydroxylation is 1. The maximum Gasteiger partial charge on any atom is 0.408 e. The maximum absolute atomic E-state index is 14.1. The molecule has 2 bridgehead atoms. The van der Waals surface area contributed by atoms with Crippen LogP contribution in [0.2, 0.25) is 0 Å². The maximum atomic E-state index is 14.1. The Morgan fingerprint density at radius 1 is 1.09 bits per heavy atom. The predicted molar refractivity (Wildman–Crippen MR) is 160 cm³/mol. The lowest BCUT2D eigenvalue weighted by atomic mass is 9.85. The molecule has 1 saturated heterocycles. The van der Waals surface area contributed by atoms with Gasteiger partial charge < -0.3 is 24.4 Å². The van der Waals surface area contributed by atoms with Crippen molar-refractivity contribution in [1.29, 1.82) is 0 Å². The third-order valence-corrected chi connectivity index (χ3v) is 9.93. The number of alkyl carbamates (subject to hydrolysis) is 1. The highest BCUT2D eigenvalue weighted by Gasteiger charge is 2.52. The molecule has 4 aliphatic rings. The van der Waals surface area contributed by atoms with Gasteiger partial charge in [0.25, 0.3) is 0 Å². The van der Waals surface area contributed by atoms with Gasteiger partial charge in [-0.25, -0.2) is 14.8 Å². The fraction of sp³-hybridized carbons (Fsp3) is 0.667. The summed E-state index contributed by atoms with van der Waals surface area (Å²) in [6.07, 6.45) is 5.85. The highest BCUT2D eigenvalue weighted by atomic mass is 16.6. The second-order valence-electron chi connectivity index (χ2n) is 14.3.